The summed E-state index contributed by atoms with van der Waals surface area (Å²) in [5.41, 5.74) is 1.18. The summed E-state index contributed by atoms with van der Waals surface area (Å²) >= 11 is 0.810. The predicted molar refractivity (Wildman–Crippen MR) is 112 cm³/mol. The molecule has 0 aliphatic carbocycles. The molecule has 0 aliphatic rings. The van der Waals surface area contributed by atoms with Crippen LogP contribution in [0.4, 0.5) is 13.2 Å². The average Bonchev–Trinajstić information content (AvgIpc) is 3.18. The molecule has 0 aliphatic heterocycles. The summed E-state index contributed by atoms with van der Waals surface area (Å²) in [4.78, 5) is 4.73. The van der Waals surface area contributed by atoms with E-state index in [0.717, 1.165) is 31.1 Å². The first-order chi connectivity index (χ1) is 13.7. The van der Waals surface area contributed by atoms with E-state index >= 15 is 0 Å². The molecule has 0 radical (unpaired) electrons. The number of hydrogen-bond acceptors (Lipinski definition) is 4. The van der Waals surface area contributed by atoms with Crippen molar-refractivity contribution in [1.82, 2.24) is 19.9 Å². The van der Waals surface area contributed by atoms with Crippen LogP contribution in [0, 0.1) is 5.82 Å². The van der Waals surface area contributed by atoms with Crippen molar-refractivity contribution >= 4 is 22.4 Å². The first-order valence-electron chi connectivity index (χ1n) is 9.67. The number of nitrogens with zero attached hydrogens (tertiary/aromatic N) is 3. The Morgan fingerprint density at radius 2 is 2.00 bits per heavy atom. The van der Waals surface area contributed by atoms with Gasteiger partial charge in [0.1, 0.15) is 11.5 Å². The molecule has 29 heavy (non-hydrogen) atoms. The van der Waals surface area contributed by atoms with Crippen LogP contribution in [-0.4, -0.2) is 26.7 Å². The molecule has 2 unspecified atom stereocenters. The zero-order valence-corrected chi connectivity index (χ0v) is 17.7. The molecule has 4 nitrogen and oxygen atoms in total. The monoisotopic (exact) mass is 422 g/mol. The zero-order valence-electron chi connectivity index (χ0n) is 16.9. The highest BCUT2D eigenvalue weighted by atomic mass is 32.1. The Hall–Kier alpha value is -2.19. The van der Waals surface area contributed by atoms with Crippen LogP contribution in [0.5, 0.6) is 0 Å². The van der Waals surface area contributed by atoms with E-state index in [2.05, 4.69) is 29.2 Å². The fraction of sp³-hybridized carbons (Fsp3) is 0.429. The number of benzene rings is 1. The second kappa shape index (κ2) is 8.67. The maximum atomic E-state index is 14.4. The smallest absolute Gasteiger partial charge is 0.298 e. The predicted octanol–water partition coefficient (Wildman–Crippen LogP) is 5.89. The standard InChI is InChI=1S/C21H25F3N4S/c1-5-8-13(2)25-14(3)11-12-17-18(15-9-6-7-10-16(15)22)26-20-28(17)27-19(29-20)21(4,23)24/h6-7,9-14,25H,5,8H2,1-4H3/b12-11+. The average molecular weight is 423 g/mol. The third-order valence-corrected chi connectivity index (χ3v) is 5.63. The van der Waals surface area contributed by atoms with E-state index < -0.39 is 11.7 Å². The summed E-state index contributed by atoms with van der Waals surface area (Å²) in [6.07, 6.45) is 5.83. The molecule has 156 valence electrons. The van der Waals surface area contributed by atoms with E-state index in [-0.39, 0.29) is 11.0 Å². The molecular weight excluding hydrogens is 397 g/mol. The number of imidazole rings is 1. The lowest BCUT2D eigenvalue weighted by molar-refractivity contribution is 0.0163. The number of fused-ring (bicyclic) bond motifs is 1. The molecule has 0 bridgehead atoms. The Bertz CT molecular complexity index is 1000. The van der Waals surface area contributed by atoms with Crippen LogP contribution in [0.1, 0.15) is 51.2 Å². The Morgan fingerprint density at radius 3 is 2.66 bits per heavy atom. The van der Waals surface area contributed by atoms with E-state index in [0.29, 0.717) is 28.0 Å². The van der Waals surface area contributed by atoms with E-state index in [1.807, 2.05) is 13.0 Å². The summed E-state index contributed by atoms with van der Waals surface area (Å²) in [6, 6.07) is 6.68. The molecule has 0 spiro atoms. The van der Waals surface area contributed by atoms with Crippen molar-refractivity contribution in [1.29, 1.82) is 0 Å². The van der Waals surface area contributed by atoms with Crippen molar-refractivity contribution in [2.45, 2.75) is 58.5 Å². The normalized spacial score (nSPS) is 14.7. The van der Waals surface area contributed by atoms with Crippen LogP contribution in [0.3, 0.4) is 0 Å². The fourth-order valence-electron chi connectivity index (χ4n) is 3.20. The number of halogens is 3. The lowest BCUT2D eigenvalue weighted by Crippen LogP contribution is -2.32. The van der Waals surface area contributed by atoms with Crippen molar-refractivity contribution in [2.75, 3.05) is 0 Å². The minimum absolute atomic E-state index is 0.0429. The highest BCUT2D eigenvalue weighted by molar-refractivity contribution is 7.16. The highest BCUT2D eigenvalue weighted by Gasteiger charge is 2.31. The van der Waals surface area contributed by atoms with E-state index in [1.54, 1.807) is 24.3 Å². The van der Waals surface area contributed by atoms with Gasteiger partial charge in [-0.3, -0.25) is 0 Å². The molecule has 3 aromatic rings. The largest absolute Gasteiger partial charge is 0.308 e. The topological polar surface area (TPSA) is 42.2 Å². The summed E-state index contributed by atoms with van der Waals surface area (Å²) in [6.45, 7) is 7.06. The molecule has 0 fully saturated rings. The van der Waals surface area contributed by atoms with Crippen LogP contribution in [0.25, 0.3) is 22.3 Å². The lowest BCUT2D eigenvalue weighted by Gasteiger charge is -2.16. The number of alkyl halides is 2. The molecule has 2 heterocycles. The van der Waals surface area contributed by atoms with Crippen LogP contribution < -0.4 is 5.32 Å². The van der Waals surface area contributed by atoms with Gasteiger partial charge in [0.15, 0.2) is 5.01 Å². The van der Waals surface area contributed by atoms with Gasteiger partial charge in [0.05, 0.1) is 5.69 Å². The number of rotatable bonds is 8. The van der Waals surface area contributed by atoms with Crippen LogP contribution >= 0.6 is 11.3 Å². The maximum absolute atomic E-state index is 14.4. The van der Waals surface area contributed by atoms with Gasteiger partial charge in [0.25, 0.3) is 5.92 Å². The van der Waals surface area contributed by atoms with Crippen molar-refractivity contribution in [2.24, 2.45) is 0 Å². The number of nitrogens with one attached hydrogen (secondary N) is 1. The van der Waals surface area contributed by atoms with Gasteiger partial charge in [0, 0.05) is 24.6 Å². The number of aromatic nitrogens is 3. The third-order valence-electron chi connectivity index (χ3n) is 4.55. The van der Waals surface area contributed by atoms with Crippen molar-refractivity contribution < 1.29 is 13.2 Å². The Morgan fingerprint density at radius 1 is 1.28 bits per heavy atom. The Labute approximate surface area is 172 Å². The molecule has 0 saturated heterocycles. The first kappa shape index (κ1) is 21.5. The van der Waals surface area contributed by atoms with Gasteiger partial charge in [-0.25, -0.2) is 13.9 Å². The summed E-state index contributed by atoms with van der Waals surface area (Å²) in [5, 5.41) is 7.20. The first-order valence-corrected chi connectivity index (χ1v) is 10.5. The molecule has 1 N–H and O–H groups in total. The fourth-order valence-corrected chi connectivity index (χ4v) is 4.04. The van der Waals surface area contributed by atoms with Crippen LogP contribution in [-0.2, 0) is 5.92 Å². The summed E-state index contributed by atoms with van der Waals surface area (Å²) < 4.78 is 43.2. The van der Waals surface area contributed by atoms with E-state index in [1.165, 1.54) is 10.6 Å². The van der Waals surface area contributed by atoms with Gasteiger partial charge < -0.3 is 5.32 Å². The minimum Gasteiger partial charge on any atom is -0.308 e. The zero-order chi connectivity index (χ0) is 21.2. The Balaban J connectivity index is 2.04. The van der Waals surface area contributed by atoms with Gasteiger partial charge in [-0.1, -0.05) is 42.9 Å². The van der Waals surface area contributed by atoms with Crippen molar-refractivity contribution in [3.8, 4) is 11.3 Å². The van der Waals surface area contributed by atoms with Crippen LogP contribution in [0.2, 0.25) is 0 Å². The van der Waals surface area contributed by atoms with Gasteiger partial charge in [0.2, 0.25) is 4.96 Å². The van der Waals surface area contributed by atoms with Gasteiger partial charge >= 0.3 is 0 Å². The van der Waals surface area contributed by atoms with E-state index in [4.69, 9.17) is 0 Å². The summed E-state index contributed by atoms with van der Waals surface area (Å²) in [7, 11) is 0. The number of hydrogen-bond donors (Lipinski definition) is 1. The van der Waals surface area contributed by atoms with E-state index in [9.17, 15) is 13.2 Å². The second-order valence-electron chi connectivity index (χ2n) is 7.32. The van der Waals surface area contributed by atoms with Gasteiger partial charge in [-0.15, -0.1) is 0 Å². The molecular formula is C21H25F3N4S. The molecule has 0 saturated carbocycles. The summed E-state index contributed by atoms with van der Waals surface area (Å²) in [5.74, 6) is -3.48. The molecule has 3 rings (SSSR count). The molecule has 2 atom stereocenters. The molecule has 1 aromatic carbocycles. The lowest BCUT2D eigenvalue weighted by atomic mass is 10.1. The minimum atomic E-state index is -3.06. The molecule has 2 aromatic heterocycles. The van der Waals surface area contributed by atoms with Gasteiger partial charge in [-0.2, -0.15) is 13.9 Å². The Kier molecular flexibility index (Phi) is 6.43. The van der Waals surface area contributed by atoms with Crippen molar-refractivity contribution in [3.63, 3.8) is 0 Å². The second-order valence-corrected chi connectivity index (χ2v) is 8.28. The highest BCUT2D eigenvalue weighted by Crippen LogP contribution is 2.34. The SMILES string of the molecule is CCCC(C)NC(C)/C=C/c1c(-c2ccccc2F)nc2sc(C(C)(F)F)nn12. The molecule has 0 amide bonds. The van der Waals surface area contributed by atoms with Gasteiger partial charge in [-0.05, 0) is 38.5 Å². The molecule has 8 heteroatoms. The maximum Gasteiger partial charge on any atom is 0.298 e. The third kappa shape index (κ3) is 4.87. The quantitative estimate of drug-likeness (QED) is 0.492. The van der Waals surface area contributed by atoms with Crippen LogP contribution in [0.15, 0.2) is 30.3 Å². The van der Waals surface area contributed by atoms with Crippen molar-refractivity contribution in [3.05, 3.63) is 46.9 Å².